The molecule has 0 fully saturated rings. The number of nitrogens with zero attached hydrogens (tertiary/aromatic N) is 3. The highest BCUT2D eigenvalue weighted by atomic mass is 16.5. The maximum absolute atomic E-state index is 5.72. The fourth-order valence-corrected chi connectivity index (χ4v) is 1.66. The van der Waals surface area contributed by atoms with E-state index in [0.717, 1.165) is 11.1 Å². The molecule has 0 aliphatic carbocycles. The smallest absolute Gasteiger partial charge is 0.257 e. The molecule has 2 aromatic rings. The summed E-state index contributed by atoms with van der Waals surface area (Å²) in [6, 6.07) is 0. The number of aromatic amines is 1. The standard InChI is InChI=1S/C9H9N5O2/c1-6-13-14-9(16-6,7-2-10-11-3-7)8-4-12-15-5-8/h2-5,14H,1H3,(H,10,11). The van der Waals surface area contributed by atoms with Gasteiger partial charge in [-0.1, -0.05) is 5.16 Å². The monoisotopic (exact) mass is 219 g/mol. The molecule has 3 rings (SSSR count). The minimum Gasteiger partial charge on any atom is -0.443 e. The summed E-state index contributed by atoms with van der Waals surface area (Å²) >= 11 is 0. The first-order valence-corrected chi connectivity index (χ1v) is 4.71. The largest absolute Gasteiger partial charge is 0.443 e. The topological polar surface area (TPSA) is 88.3 Å². The molecule has 1 aliphatic rings. The van der Waals surface area contributed by atoms with Crippen LogP contribution in [0.4, 0.5) is 0 Å². The van der Waals surface area contributed by atoms with Crippen LogP contribution in [0.5, 0.6) is 0 Å². The Morgan fingerprint density at radius 1 is 1.31 bits per heavy atom. The molecule has 0 saturated heterocycles. The maximum Gasteiger partial charge on any atom is 0.257 e. The summed E-state index contributed by atoms with van der Waals surface area (Å²) in [6.07, 6.45) is 6.48. The van der Waals surface area contributed by atoms with Crippen LogP contribution in [0.15, 0.2) is 34.5 Å². The van der Waals surface area contributed by atoms with Crippen molar-refractivity contribution in [3.05, 3.63) is 36.0 Å². The van der Waals surface area contributed by atoms with E-state index in [2.05, 4.69) is 25.9 Å². The Hall–Kier alpha value is -2.31. The number of H-pyrrole nitrogens is 1. The molecule has 1 atom stereocenters. The average Bonchev–Trinajstić information content (AvgIpc) is 2.99. The summed E-state index contributed by atoms with van der Waals surface area (Å²) < 4.78 is 10.6. The second kappa shape index (κ2) is 3.09. The van der Waals surface area contributed by atoms with Gasteiger partial charge in [-0.25, -0.2) is 0 Å². The third kappa shape index (κ3) is 1.11. The van der Waals surface area contributed by atoms with E-state index in [1.54, 1.807) is 25.5 Å². The molecule has 7 nitrogen and oxygen atoms in total. The maximum atomic E-state index is 5.72. The van der Waals surface area contributed by atoms with Gasteiger partial charge in [0.05, 0.1) is 23.5 Å². The molecule has 0 saturated carbocycles. The molecule has 2 N–H and O–H groups in total. The van der Waals surface area contributed by atoms with Crippen LogP contribution >= 0.6 is 0 Å². The highest BCUT2D eigenvalue weighted by molar-refractivity contribution is 5.75. The van der Waals surface area contributed by atoms with E-state index in [1.807, 2.05) is 0 Å². The van der Waals surface area contributed by atoms with Gasteiger partial charge in [0.1, 0.15) is 6.26 Å². The van der Waals surface area contributed by atoms with Gasteiger partial charge in [0.15, 0.2) is 0 Å². The minimum absolute atomic E-state index is 0.544. The van der Waals surface area contributed by atoms with Gasteiger partial charge in [0, 0.05) is 13.1 Å². The van der Waals surface area contributed by atoms with Crippen LogP contribution in [0.1, 0.15) is 18.1 Å². The molecule has 3 heterocycles. The van der Waals surface area contributed by atoms with Crippen LogP contribution in [0.25, 0.3) is 0 Å². The predicted molar refractivity (Wildman–Crippen MR) is 53.2 cm³/mol. The van der Waals surface area contributed by atoms with Gasteiger partial charge in [-0.3, -0.25) is 10.5 Å². The first-order valence-electron chi connectivity index (χ1n) is 4.71. The van der Waals surface area contributed by atoms with Crippen molar-refractivity contribution in [1.82, 2.24) is 20.8 Å². The molecule has 0 radical (unpaired) electrons. The Labute approximate surface area is 90.5 Å². The number of rotatable bonds is 2. The Morgan fingerprint density at radius 2 is 2.25 bits per heavy atom. The number of ether oxygens (including phenoxy) is 1. The summed E-state index contributed by atoms with van der Waals surface area (Å²) in [4.78, 5) is 0. The van der Waals surface area contributed by atoms with Gasteiger partial charge in [-0.2, -0.15) is 5.10 Å². The van der Waals surface area contributed by atoms with Crippen LogP contribution < -0.4 is 5.43 Å². The molecular weight excluding hydrogens is 210 g/mol. The third-order valence-corrected chi connectivity index (χ3v) is 2.42. The van der Waals surface area contributed by atoms with Gasteiger partial charge in [-0.15, -0.1) is 5.10 Å². The highest BCUT2D eigenvalue weighted by Gasteiger charge is 2.43. The zero-order valence-corrected chi connectivity index (χ0v) is 8.47. The predicted octanol–water partition coefficient (Wildman–Crippen LogP) is 0.552. The fraction of sp³-hybridized carbons (Fsp3) is 0.222. The van der Waals surface area contributed by atoms with Crippen LogP contribution in [0.2, 0.25) is 0 Å². The first kappa shape index (κ1) is 8.96. The molecule has 0 aromatic carbocycles. The number of hydrogen-bond donors (Lipinski definition) is 2. The zero-order chi connectivity index (χ0) is 11.0. The van der Waals surface area contributed by atoms with Crippen molar-refractivity contribution < 1.29 is 9.26 Å². The van der Waals surface area contributed by atoms with Gasteiger partial charge in [0.25, 0.3) is 5.72 Å². The molecule has 82 valence electrons. The van der Waals surface area contributed by atoms with Gasteiger partial charge < -0.3 is 9.26 Å². The van der Waals surface area contributed by atoms with E-state index in [1.165, 1.54) is 6.26 Å². The summed E-state index contributed by atoms with van der Waals surface area (Å²) in [5, 5.41) is 14.3. The Morgan fingerprint density at radius 3 is 2.81 bits per heavy atom. The van der Waals surface area contributed by atoms with Crippen molar-refractivity contribution in [2.24, 2.45) is 5.10 Å². The molecule has 0 amide bonds. The normalized spacial score (nSPS) is 23.7. The lowest BCUT2D eigenvalue weighted by atomic mass is 10.0. The molecule has 1 aliphatic heterocycles. The van der Waals surface area contributed by atoms with Crippen LogP contribution in [-0.4, -0.2) is 21.3 Å². The molecule has 2 aromatic heterocycles. The molecule has 16 heavy (non-hydrogen) atoms. The van der Waals surface area contributed by atoms with Crippen molar-refractivity contribution in [2.75, 3.05) is 0 Å². The zero-order valence-electron chi connectivity index (χ0n) is 8.47. The number of hydrazone groups is 1. The van der Waals surface area contributed by atoms with Crippen LogP contribution in [-0.2, 0) is 10.5 Å². The van der Waals surface area contributed by atoms with E-state index < -0.39 is 5.72 Å². The molecule has 0 spiro atoms. The average molecular weight is 219 g/mol. The van der Waals surface area contributed by atoms with E-state index in [9.17, 15) is 0 Å². The Balaban J connectivity index is 2.10. The van der Waals surface area contributed by atoms with Crippen LogP contribution in [0, 0.1) is 0 Å². The lowest BCUT2D eigenvalue weighted by molar-refractivity contribution is 0.0891. The number of nitrogens with one attached hydrogen (secondary N) is 2. The van der Waals surface area contributed by atoms with Gasteiger partial charge in [-0.05, 0) is 0 Å². The summed E-state index contributed by atoms with van der Waals surface area (Å²) in [6.45, 7) is 1.77. The van der Waals surface area contributed by atoms with Crippen molar-refractivity contribution in [3.8, 4) is 0 Å². The Kier molecular flexibility index (Phi) is 1.73. The third-order valence-electron chi connectivity index (χ3n) is 2.42. The molecule has 7 heteroatoms. The second-order valence-corrected chi connectivity index (χ2v) is 3.43. The number of aromatic nitrogens is 3. The van der Waals surface area contributed by atoms with Crippen molar-refractivity contribution >= 4 is 5.90 Å². The quantitative estimate of drug-likeness (QED) is 0.770. The first-order chi connectivity index (χ1) is 7.81. The number of hydrogen-bond acceptors (Lipinski definition) is 6. The highest BCUT2D eigenvalue weighted by Crippen LogP contribution is 2.33. The summed E-state index contributed by atoms with van der Waals surface area (Å²) in [5.41, 5.74) is 3.57. The minimum atomic E-state index is -0.892. The van der Waals surface area contributed by atoms with Crippen molar-refractivity contribution in [2.45, 2.75) is 12.6 Å². The summed E-state index contributed by atoms with van der Waals surface area (Å²) in [7, 11) is 0. The van der Waals surface area contributed by atoms with E-state index >= 15 is 0 Å². The molecular formula is C9H9N5O2. The Bertz CT molecular complexity index is 468. The van der Waals surface area contributed by atoms with Crippen molar-refractivity contribution in [3.63, 3.8) is 0 Å². The van der Waals surface area contributed by atoms with E-state index in [-0.39, 0.29) is 0 Å². The van der Waals surface area contributed by atoms with Gasteiger partial charge >= 0.3 is 0 Å². The second-order valence-electron chi connectivity index (χ2n) is 3.43. The lowest BCUT2D eigenvalue weighted by Gasteiger charge is -2.25. The molecule has 1 unspecified atom stereocenters. The lowest BCUT2D eigenvalue weighted by Crippen LogP contribution is -2.38. The van der Waals surface area contributed by atoms with Gasteiger partial charge in [0.2, 0.25) is 5.90 Å². The van der Waals surface area contributed by atoms with Crippen LogP contribution in [0.3, 0.4) is 0 Å². The molecule has 0 bridgehead atoms. The van der Waals surface area contributed by atoms with E-state index in [0.29, 0.717) is 5.90 Å². The van der Waals surface area contributed by atoms with E-state index in [4.69, 9.17) is 9.26 Å². The van der Waals surface area contributed by atoms with Crippen molar-refractivity contribution in [1.29, 1.82) is 0 Å². The summed E-state index contributed by atoms with van der Waals surface area (Å²) in [5.74, 6) is 0.544. The SMILES string of the molecule is CC1=NNC(c2cn[nH]c2)(c2cnoc2)O1. The fourth-order valence-electron chi connectivity index (χ4n) is 1.66.